The van der Waals surface area contributed by atoms with Gasteiger partial charge < -0.3 is 9.80 Å². The molecule has 0 aromatic heterocycles. The summed E-state index contributed by atoms with van der Waals surface area (Å²) in [5, 5.41) is 10.1. The summed E-state index contributed by atoms with van der Waals surface area (Å²) >= 11 is 0. The minimum atomic E-state index is -0.0995. The van der Waals surface area contributed by atoms with Crippen LogP contribution >= 0.6 is 0 Å². The van der Waals surface area contributed by atoms with Crippen molar-refractivity contribution in [3.8, 4) is 22.3 Å². The van der Waals surface area contributed by atoms with Crippen LogP contribution in [-0.2, 0) is 21.7 Å². The van der Waals surface area contributed by atoms with Gasteiger partial charge in [0.2, 0.25) is 0 Å². The molecular weight excluding hydrogens is 928 g/mol. The molecule has 11 aromatic carbocycles. The van der Waals surface area contributed by atoms with Crippen molar-refractivity contribution in [2.24, 2.45) is 0 Å². The Morgan fingerprint density at radius 2 is 0.636 bits per heavy atom. The number of hydrogen-bond donors (Lipinski definition) is 0. The van der Waals surface area contributed by atoms with Crippen molar-refractivity contribution >= 4 is 100 Å². The average molecular weight is 997 g/mol. The fraction of sp³-hybridized carbons (Fsp3) is 0.216. The number of anilines is 6. The second-order valence-corrected chi connectivity index (χ2v) is 26.3. The van der Waals surface area contributed by atoms with Crippen LogP contribution in [0, 0.1) is 0 Å². The Kier molecular flexibility index (Phi) is 11.0. The molecule has 0 saturated carbocycles. The first-order chi connectivity index (χ1) is 36.7. The molecule has 77 heavy (non-hydrogen) atoms. The van der Waals surface area contributed by atoms with Crippen LogP contribution in [0.1, 0.15) is 105 Å². The molecule has 0 aliphatic carbocycles. The summed E-state index contributed by atoms with van der Waals surface area (Å²) in [4.78, 5) is 5.38. The quantitative estimate of drug-likeness (QED) is 0.128. The van der Waals surface area contributed by atoms with E-state index in [1.165, 1.54) is 138 Å². The smallest absolute Gasteiger partial charge is 0.252 e. The molecule has 0 N–H and O–H groups in total. The molecular formula is C74H69BN2. The predicted octanol–water partition coefficient (Wildman–Crippen LogP) is 18.9. The fourth-order valence-electron chi connectivity index (χ4n) is 12.6. The normalized spacial score (nSPS) is 13.6. The molecule has 0 bridgehead atoms. The minimum absolute atomic E-state index is 0.0838. The van der Waals surface area contributed by atoms with Crippen molar-refractivity contribution in [2.45, 2.75) is 105 Å². The molecule has 2 aliphatic heterocycles. The molecule has 0 spiro atoms. The Balaban J connectivity index is 1.22. The van der Waals surface area contributed by atoms with E-state index in [0.717, 1.165) is 0 Å². The van der Waals surface area contributed by atoms with E-state index in [-0.39, 0.29) is 28.4 Å². The van der Waals surface area contributed by atoms with E-state index in [0.29, 0.717) is 0 Å². The van der Waals surface area contributed by atoms with Gasteiger partial charge in [-0.2, -0.15) is 0 Å². The zero-order chi connectivity index (χ0) is 53.5. The summed E-state index contributed by atoms with van der Waals surface area (Å²) in [6.45, 7) is 28.3. The number of fused-ring (bicyclic) bond motifs is 12. The van der Waals surface area contributed by atoms with Gasteiger partial charge in [-0.15, -0.1) is 0 Å². The summed E-state index contributed by atoms with van der Waals surface area (Å²) in [5.41, 5.74) is 21.0. The summed E-state index contributed by atoms with van der Waals surface area (Å²) < 4.78 is 0. The number of nitrogens with zero attached hydrogens (tertiary/aromatic N) is 2. The topological polar surface area (TPSA) is 6.48 Å². The monoisotopic (exact) mass is 997 g/mol. The Morgan fingerprint density at radius 1 is 0.286 bits per heavy atom. The molecule has 2 heterocycles. The lowest BCUT2D eigenvalue weighted by atomic mass is 9.33. The molecule has 3 heteroatoms. The van der Waals surface area contributed by atoms with Crippen LogP contribution in [0.2, 0.25) is 0 Å². The molecule has 0 saturated heterocycles. The Bertz CT molecular complexity index is 3900. The highest BCUT2D eigenvalue weighted by Gasteiger charge is 2.45. The van der Waals surface area contributed by atoms with Crippen molar-refractivity contribution in [1.29, 1.82) is 0 Å². The van der Waals surface area contributed by atoms with Crippen LogP contribution in [0.5, 0.6) is 0 Å². The summed E-state index contributed by atoms with van der Waals surface area (Å²) in [7, 11) is 0. The fourth-order valence-corrected chi connectivity index (χ4v) is 12.6. The lowest BCUT2D eigenvalue weighted by Gasteiger charge is -2.46. The lowest BCUT2D eigenvalue weighted by Crippen LogP contribution is -2.61. The highest BCUT2D eigenvalue weighted by molar-refractivity contribution is 7.01. The molecule has 0 atom stereocenters. The van der Waals surface area contributed by atoms with Gasteiger partial charge in [-0.05, 0) is 151 Å². The van der Waals surface area contributed by atoms with E-state index in [2.05, 4.69) is 293 Å². The third-order valence-electron chi connectivity index (χ3n) is 17.0. The van der Waals surface area contributed by atoms with E-state index in [1.807, 2.05) is 0 Å². The first kappa shape index (κ1) is 48.7. The molecule has 0 unspecified atom stereocenters. The van der Waals surface area contributed by atoms with Crippen LogP contribution in [0.3, 0.4) is 0 Å². The van der Waals surface area contributed by atoms with Gasteiger partial charge in [0, 0.05) is 44.9 Å². The number of hydrogen-bond acceptors (Lipinski definition) is 2. The Hall–Kier alpha value is -7.88. The van der Waals surface area contributed by atoms with E-state index < -0.39 is 0 Å². The van der Waals surface area contributed by atoms with Gasteiger partial charge >= 0.3 is 0 Å². The third kappa shape index (κ3) is 8.07. The summed E-state index contributed by atoms with van der Waals surface area (Å²) in [6.07, 6.45) is 0. The second kappa shape index (κ2) is 17.3. The van der Waals surface area contributed by atoms with Gasteiger partial charge in [0.05, 0.1) is 0 Å². The lowest BCUT2D eigenvalue weighted by molar-refractivity contribution is 0.568. The summed E-state index contributed by atoms with van der Waals surface area (Å²) in [6, 6.07) is 77.3. The van der Waals surface area contributed by atoms with Crippen molar-refractivity contribution in [3.63, 3.8) is 0 Å². The van der Waals surface area contributed by atoms with Gasteiger partial charge in [-0.3, -0.25) is 0 Å². The second-order valence-electron chi connectivity index (χ2n) is 26.3. The first-order valence-electron chi connectivity index (χ1n) is 27.9. The largest absolute Gasteiger partial charge is 0.311 e. The van der Waals surface area contributed by atoms with Gasteiger partial charge in [0.1, 0.15) is 0 Å². The van der Waals surface area contributed by atoms with E-state index in [9.17, 15) is 0 Å². The van der Waals surface area contributed by atoms with E-state index in [4.69, 9.17) is 0 Å². The molecule has 2 nitrogen and oxygen atoms in total. The van der Waals surface area contributed by atoms with Crippen LogP contribution in [0.4, 0.5) is 34.1 Å². The first-order valence-corrected chi connectivity index (χ1v) is 27.9. The summed E-state index contributed by atoms with van der Waals surface area (Å²) in [5.74, 6) is 0. The maximum Gasteiger partial charge on any atom is 0.252 e. The van der Waals surface area contributed by atoms with Crippen LogP contribution < -0.4 is 26.2 Å². The van der Waals surface area contributed by atoms with Gasteiger partial charge in [-0.1, -0.05) is 247 Å². The number of rotatable bonds is 4. The Morgan fingerprint density at radius 3 is 1.04 bits per heavy atom. The molecule has 2 aliphatic rings. The van der Waals surface area contributed by atoms with Crippen LogP contribution in [-0.4, -0.2) is 6.71 Å². The maximum atomic E-state index is 2.69. The van der Waals surface area contributed by atoms with Gasteiger partial charge in [0.15, 0.2) is 0 Å². The van der Waals surface area contributed by atoms with Gasteiger partial charge in [0.25, 0.3) is 6.71 Å². The maximum absolute atomic E-state index is 2.69. The van der Waals surface area contributed by atoms with Crippen LogP contribution in [0.25, 0.3) is 65.3 Å². The van der Waals surface area contributed by atoms with Crippen molar-refractivity contribution in [1.82, 2.24) is 0 Å². The average Bonchev–Trinajstić information content (AvgIpc) is 3.51. The van der Waals surface area contributed by atoms with Crippen LogP contribution in [0.15, 0.2) is 200 Å². The highest BCUT2D eigenvalue weighted by Crippen LogP contribution is 2.52. The standard InChI is InChI=1S/C74H69BN2/c1-71(2,3)52-40-53(72(4,5)6)43-56(42-52)76-66-38-51(48-28-26-47(27-29-48)46-20-14-13-15-21-46)39-67-68(66)75(64-36-34-60-58-24-18-16-22-49(58)30-32-62(60)69(64)76)65-37-35-61-59-25-19-17-23-50(59)31-33-63(61)70(65)77(67)57-44-54(73(7,8)9)41-55(45-57)74(10,11)12/h13-45H,1-12H3. The predicted molar refractivity (Wildman–Crippen MR) is 336 cm³/mol. The van der Waals surface area contributed by atoms with Crippen molar-refractivity contribution in [2.75, 3.05) is 9.80 Å². The van der Waals surface area contributed by atoms with E-state index >= 15 is 0 Å². The molecule has 0 amide bonds. The molecule has 11 aromatic rings. The van der Waals surface area contributed by atoms with Crippen molar-refractivity contribution < 1.29 is 0 Å². The molecule has 0 fully saturated rings. The highest BCUT2D eigenvalue weighted by atomic mass is 15.2. The zero-order valence-electron chi connectivity index (χ0n) is 47.0. The third-order valence-corrected chi connectivity index (χ3v) is 17.0. The molecule has 378 valence electrons. The minimum Gasteiger partial charge on any atom is -0.311 e. The van der Waals surface area contributed by atoms with Crippen molar-refractivity contribution in [3.05, 3.63) is 222 Å². The number of benzene rings is 11. The SMILES string of the molecule is CC(C)(C)c1cc(N2c3cc(-c4ccc(-c5ccccc5)cc4)cc4c3B(c3ccc5c(ccc6ccccc65)c32)c2ccc3c(ccc5ccccc53)c2N4c2cc(C(C)(C)C)cc(C(C)(C)C)c2)cc(C(C)(C)C)c1. The Labute approximate surface area is 457 Å². The van der Waals surface area contributed by atoms with E-state index in [1.54, 1.807) is 0 Å². The van der Waals surface area contributed by atoms with Gasteiger partial charge in [-0.25, -0.2) is 0 Å². The molecule has 13 rings (SSSR count). The zero-order valence-corrected chi connectivity index (χ0v) is 47.0. The molecule has 0 radical (unpaired) electrons.